The number of alkyl halides is 5. The molecule has 2 amide bonds. The lowest BCUT2D eigenvalue weighted by molar-refractivity contribution is -0.164. The first kappa shape index (κ1) is 36.6. The van der Waals surface area contributed by atoms with Gasteiger partial charge in [0.2, 0.25) is 5.82 Å². The van der Waals surface area contributed by atoms with Crippen molar-refractivity contribution in [3.05, 3.63) is 70.8 Å². The van der Waals surface area contributed by atoms with Crippen molar-refractivity contribution in [3.8, 4) is 17.1 Å². The number of guanidine groups is 1. The molecule has 3 heterocycles. The molecule has 1 saturated carbocycles. The summed E-state index contributed by atoms with van der Waals surface area (Å²) in [4.78, 5) is 38.4. The number of nitrogens with one attached hydrogen (secondary N) is 1. The van der Waals surface area contributed by atoms with E-state index in [1.165, 1.54) is 23.0 Å². The Balaban J connectivity index is 1.41. The Labute approximate surface area is 298 Å². The Kier molecular flexibility index (Phi) is 9.21. The van der Waals surface area contributed by atoms with Gasteiger partial charge in [-0.3, -0.25) is 9.69 Å². The minimum Gasteiger partial charge on any atom is -0.447 e. The van der Waals surface area contributed by atoms with Crippen LogP contribution in [0.15, 0.2) is 53.8 Å². The van der Waals surface area contributed by atoms with Crippen molar-refractivity contribution < 1.29 is 36.3 Å². The highest BCUT2D eigenvalue weighted by Gasteiger charge is 2.64. The summed E-state index contributed by atoms with van der Waals surface area (Å²) in [5.41, 5.74) is 3.12. The summed E-state index contributed by atoms with van der Waals surface area (Å²) in [6.07, 6.45) is -8.75. The van der Waals surface area contributed by atoms with E-state index in [1.54, 1.807) is 31.3 Å². The zero-order chi connectivity index (χ0) is 37.8. The molecule has 1 aliphatic carbocycles. The minimum absolute atomic E-state index is 0.0245. The number of ether oxygens (including phenoxy) is 1. The van der Waals surface area contributed by atoms with Gasteiger partial charge in [-0.15, -0.1) is 10.2 Å². The number of alkyl carbamates (subject to hydrolysis) is 1. The van der Waals surface area contributed by atoms with Crippen LogP contribution in [-0.4, -0.2) is 76.2 Å². The van der Waals surface area contributed by atoms with Crippen LogP contribution >= 0.6 is 11.6 Å². The number of tetrazole rings is 1. The predicted octanol–water partition coefficient (Wildman–Crippen LogP) is 5.40. The lowest BCUT2D eigenvalue weighted by Crippen LogP contribution is -2.50. The fourth-order valence-corrected chi connectivity index (χ4v) is 6.36. The number of aryl methyl sites for hydroxylation is 1. The maximum Gasteiger partial charge on any atom is 0.411 e. The SMILES string of the molecule is Cn1nnc(-c2ccc([C@@]3(CC(C)(C)C)N=C(N)N([C@H](COC(=O)NC4(C(F)(F)F)CC4)c4ccc(Cl)c(-n5ncnc5C(F)F)c4)C3=O)cc2)n1. The van der Waals surface area contributed by atoms with E-state index in [-0.39, 0.29) is 41.5 Å². The zero-order valence-corrected chi connectivity index (χ0v) is 29.0. The molecule has 14 nitrogen and oxygen atoms in total. The van der Waals surface area contributed by atoms with Crippen molar-refractivity contribution in [2.75, 3.05) is 6.61 Å². The number of nitrogens with two attached hydrogens (primary N) is 1. The Morgan fingerprint density at radius 2 is 1.81 bits per heavy atom. The maximum absolute atomic E-state index is 14.9. The molecule has 0 radical (unpaired) electrons. The fourth-order valence-electron chi connectivity index (χ4n) is 6.16. The van der Waals surface area contributed by atoms with Gasteiger partial charge in [0, 0.05) is 5.56 Å². The quantitative estimate of drug-likeness (QED) is 0.202. The number of nitrogens with zero attached hydrogens (tertiary/aromatic N) is 9. The van der Waals surface area contributed by atoms with E-state index in [0.717, 1.165) is 15.9 Å². The van der Waals surface area contributed by atoms with E-state index in [1.807, 2.05) is 26.1 Å². The molecule has 0 bridgehead atoms. The predicted molar refractivity (Wildman–Crippen MR) is 175 cm³/mol. The van der Waals surface area contributed by atoms with Gasteiger partial charge >= 0.3 is 12.3 Å². The largest absolute Gasteiger partial charge is 0.447 e. The minimum atomic E-state index is -4.72. The fraction of sp³-hybridized carbons (Fsp3) is 0.438. The zero-order valence-electron chi connectivity index (χ0n) is 28.2. The third-order valence-corrected chi connectivity index (χ3v) is 9.03. The van der Waals surface area contributed by atoms with Crippen molar-refractivity contribution in [1.29, 1.82) is 0 Å². The Morgan fingerprint density at radius 1 is 1.12 bits per heavy atom. The Morgan fingerprint density at radius 3 is 2.38 bits per heavy atom. The number of hydrogen-bond donors (Lipinski definition) is 2. The number of rotatable bonds is 10. The highest BCUT2D eigenvalue weighted by atomic mass is 35.5. The summed E-state index contributed by atoms with van der Waals surface area (Å²) in [5, 5.41) is 17.8. The standard InChI is InChI=1S/C32H33ClF5N11O3/c1-29(2,3)15-31(19-8-5-17(6-9-19)24-44-46-47(4)45-24)26(50)48(27(39)42-31)22(14-52-28(51)43-30(11-12-30)32(36,37)38)18-7-10-20(33)21(13-18)49-25(23(34)35)40-16-41-49/h5-10,13,16,22-23H,11-12,14-15H2,1-4H3,(H2,39,42)(H,43,51)/t22-,31-/m1/s1. The molecule has 276 valence electrons. The molecular weight excluding hydrogens is 717 g/mol. The van der Waals surface area contributed by atoms with Gasteiger partial charge in [-0.25, -0.2) is 28.2 Å². The van der Waals surface area contributed by atoms with Crippen LogP contribution in [-0.2, 0) is 22.1 Å². The van der Waals surface area contributed by atoms with Crippen molar-refractivity contribution in [1.82, 2.24) is 45.2 Å². The molecule has 2 atom stereocenters. The van der Waals surface area contributed by atoms with E-state index < -0.39 is 59.6 Å². The van der Waals surface area contributed by atoms with Crippen molar-refractivity contribution >= 4 is 29.6 Å². The summed E-state index contributed by atoms with van der Waals surface area (Å²) in [7, 11) is 1.61. The molecule has 0 spiro atoms. The van der Waals surface area contributed by atoms with E-state index in [9.17, 15) is 31.5 Å². The molecule has 2 aromatic carbocycles. The molecule has 52 heavy (non-hydrogen) atoms. The molecule has 4 aromatic rings. The number of aliphatic imine (C=N–C) groups is 1. The number of amides is 2. The number of hydrogen-bond acceptors (Lipinski definition) is 10. The second-order valence-corrected chi connectivity index (χ2v) is 14.2. The van der Waals surface area contributed by atoms with Gasteiger partial charge < -0.3 is 15.8 Å². The van der Waals surface area contributed by atoms with Gasteiger partial charge in [0.1, 0.15) is 18.5 Å². The summed E-state index contributed by atoms with van der Waals surface area (Å²) in [6, 6.07) is 9.51. The van der Waals surface area contributed by atoms with Crippen LogP contribution in [0, 0.1) is 5.41 Å². The van der Waals surface area contributed by atoms with Crippen LogP contribution < -0.4 is 11.1 Å². The highest BCUT2D eigenvalue weighted by molar-refractivity contribution is 6.32. The van der Waals surface area contributed by atoms with Gasteiger partial charge in [-0.1, -0.05) is 62.7 Å². The van der Waals surface area contributed by atoms with E-state index in [4.69, 9.17) is 27.1 Å². The molecule has 2 aromatic heterocycles. The first-order valence-corrected chi connectivity index (χ1v) is 16.3. The van der Waals surface area contributed by atoms with Crippen LogP contribution in [0.4, 0.5) is 26.7 Å². The van der Waals surface area contributed by atoms with Crippen LogP contribution in [0.1, 0.15) is 69.5 Å². The average molecular weight is 750 g/mol. The molecule has 6 rings (SSSR count). The summed E-state index contributed by atoms with van der Waals surface area (Å²) in [6.45, 7) is 4.98. The van der Waals surface area contributed by atoms with Crippen molar-refractivity contribution in [3.63, 3.8) is 0 Å². The Hall–Kier alpha value is -5.20. The van der Waals surface area contributed by atoms with Crippen LogP contribution in [0.3, 0.4) is 0 Å². The first-order valence-electron chi connectivity index (χ1n) is 15.9. The van der Waals surface area contributed by atoms with Crippen molar-refractivity contribution in [2.45, 2.75) is 69.8 Å². The lowest BCUT2D eigenvalue weighted by Gasteiger charge is -2.35. The Bertz CT molecular complexity index is 2020. The summed E-state index contributed by atoms with van der Waals surface area (Å²) >= 11 is 6.41. The molecule has 1 fully saturated rings. The molecule has 3 N–H and O–H groups in total. The molecule has 0 unspecified atom stereocenters. The number of carbonyl (C=O) groups excluding carboxylic acids is 2. The third kappa shape index (κ3) is 6.88. The molecule has 2 aliphatic rings. The third-order valence-electron chi connectivity index (χ3n) is 8.71. The van der Waals surface area contributed by atoms with Gasteiger partial charge in [-0.05, 0) is 53.2 Å². The second-order valence-electron chi connectivity index (χ2n) is 13.8. The monoisotopic (exact) mass is 749 g/mol. The number of carbonyl (C=O) groups is 2. The van der Waals surface area contributed by atoms with Gasteiger partial charge in [0.05, 0.1) is 23.8 Å². The number of benzene rings is 2. The summed E-state index contributed by atoms with van der Waals surface area (Å²) in [5.74, 6) is -1.31. The van der Waals surface area contributed by atoms with Crippen LogP contribution in [0.5, 0.6) is 0 Å². The number of aromatic nitrogens is 7. The topological polar surface area (TPSA) is 171 Å². The average Bonchev–Trinajstić information content (AvgIpc) is 3.36. The molecule has 0 saturated heterocycles. The van der Waals surface area contributed by atoms with Gasteiger partial charge in [0.15, 0.2) is 17.3 Å². The number of halogens is 6. The molecular formula is C32H33ClF5N11O3. The van der Waals surface area contributed by atoms with Crippen LogP contribution in [0.2, 0.25) is 5.02 Å². The smallest absolute Gasteiger partial charge is 0.411 e. The second kappa shape index (κ2) is 13.1. The normalized spacial score (nSPS) is 19.2. The maximum atomic E-state index is 14.9. The lowest BCUT2D eigenvalue weighted by atomic mass is 9.75. The summed E-state index contributed by atoms with van der Waals surface area (Å²) < 4.78 is 74.7. The van der Waals surface area contributed by atoms with Crippen molar-refractivity contribution in [2.24, 2.45) is 23.2 Å². The van der Waals surface area contributed by atoms with Gasteiger partial charge in [0.25, 0.3) is 12.3 Å². The first-order chi connectivity index (χ1) is 24.3. The molecule has 1 aliphatic heterocycles. The highest BCUT2D eigenvalue weighted by Crippen LogP contribution is 2.49. The van der Waals surface area contributed by atoms with E-state index >= 15 is 0 Å². The van der Waals surface area contributed by atoms with Gasteiger partial charge in [-0.2, -0.15) is 23.1 Å². The van der Waals surface area contributed by atoms with E-state index in [2.05, 4.69) is 25.5 Å². The van der Waals surface area contributed by atoms with Crippen LogP contribution in [0.25, 0.3) is 17.1 Å². The van der Waals surface area contributed by atoms with E-state index in [0.29, 0.717) is 17.0 Å². The molecule has 20 heteroatoms.